The molecular weight excluding hydrogens is 424 g/mol. The molecule has 6 nitrogen and oxygen atoms in total. The number of aromatic nitrogens is 1. The van der Waals surface area contributed by atoms with Gasteiger partial charge in [0, 0.05) is 5.56 Å². The molecule has 0 atom stereocenters. The van der Waals surface area contributed by atoms with Crippen LogP contribution in [0, 0.1) is 12.3 Å². The van der Waals surface area contributed by atoms with Crippen molar-refractivity contribution in [1.82, 2.24) is 4.57 Å². The first-order chi connectivity index (χ1) is 15.6. The zero-order valence-electron chi connectivity index (χ0n) is 18.9. The van der Waals surface area contributed by atoms with Gasteiger partial charge in [0.15, 0.2) is 16.3 Å². The molecule has 0 saturated carbocycles. The number of rotatable bonds is 9. The molecule has 3 rings (SSSR count). The summed E-state index contributed by atoms with van der Waals surface area (Å²) in [7, 11) is 0. The number of terminal acetylenes is 1. The van der Waals surface area contributed by atoms with E-state index in [4.69, 9.17) is 20.6 Å². The van der Waals surface area contributed by atoms with Crippen molar-refractivity contribution in [1.29, 1.82) is 0 Å². The number of aryl methyl sites for hydroxylation is 1. The molecule has 3 aromatic rings. The fraction of sp³-hybridized carbons (Fsp3) is 0.360. The van der Waals surface area contributed by atoms with Crippen LogP contribution in [-0.4, -0.2) is 30.3 Å². The second kappa shape index (κ2) is 10.9. The van der Waals surface area contributed by atoms with Crippen LogP contribution in [0.15, 0.2) is 35.3 Å². The van der Waals surface area contributed by atoms with Crippen LogP contribution in [-0.2, 0) is 13.0 Å². The van der Waals surface area contributed by atoms with Gasteiger partial charge in [-0.05, 0) is 57.0 Å². The summed E-state index contributed by atoms with van der Waals surface area (Å²) in [5, 5.41) is 0. The van der Waals surface area contributed by atoms with Gasteiger partial charge in [0.05, 0.1) is 36.6 Å². The summed E-state index contributed by atoms with van der Waals surface area (Å²) in [4.78, 5) is 18.1. The number of nitrogens with zero attached hydrogens (tertiary/aromatic N) is 2. The molecule has 0 aliphatic carbocycles. The van der Waals surface area contributed by atoms with E-state index in [1.165, 1.54) is 16.9 Å². The van der Waals surface area contributed by atoms with E-state index in [1.807, 2.05) is 31.4 Å². The van der Waals surface area contributed by atoms with Crippen molar-refractivity contribution in [3.8, 4) is 29.6 Å². The number of fused-ring (bicyclic) bond motifs is 1. The maximum absolute atomic E-state index is 13.2. The second-order valence-corrected chi connectivity index (χ2v) is 7.86. The number of benzene rings is 2. The van der Waals surface area contributed by atoms with Gasteiger partial charge in [0.25, 0.3) is 5.91 Å². The molecule has 1 amide bonds. The average molecular weight is 453 g/mol. The van der Waals surface area contributed by atoms with Gasteiger partial charge in [0.2, 0.25) is 5.75 Å². The molecular formula is C25H28N2O4S. The Kier molecular flexibility index (Phi) is 7.96. The summed E-state index contributed by atoms with van der Waals surface area (Å²) in [5.74, 6) is 3.66. The normalized spacial score (nSPS) is 11.4. The van der Waals surface area contributed by atoms with Crippen LogP contribution in [0.4, 0.5) is 0 Å². The predicted octanol–water partition coefficient (Wildman–Crippen LogP) is 4.84. The summed E-state index contributed by atoms with van der Waals surface area (Å²) in [6.07, 6.45) is 6.52. The van der Waals surface area contributed by atoms with Crippen LogP contribution in [0.25, 0.3) is 10.2 Å². The van der Waals surface area contributed by atoms with Crippen molar-refractivity contribution < 1.29 is 19.0 Å². The number of thiazole rings is 1. The number of carbonyl (C=O) groups is 1. The molecule has 0 saturated heterocycles. The molecule has 7 heteroatoms. The summed E-state index contributed by atoms with van der Waals surface area (Å²) >= 11 is 1.45. The summed E-state index contributed by atoms with van der Waals surface area (Å²) < 4.78 is 20.1. The minimum atomic E-state index is -0.400. The Labute approximate surface area is 192 Å². The van der Waals surface area contributed by atoms with Crippen molar-refractivity contribution in [2.45, 2.75) is 40.7 Å². The molecule has 0 N–H and O–H groups in total. The van der Waals surface area contributed by atoms with Gasteiger partial charge in [-0.2, -0.15) is 4.99 Å². The van der Waals surface area contributed by atoms with Crippen LogP contribution < -0.4 is 19.0 Å². The third-order valence-electron chi connectivity index (χ3n) is 4.76. The lowest BCUT2D eigenvalue weighted by Crippen LogP contribution is -2.16. The minimum absolute atomic E-state index is 0.329. The van der Waals surface area contributed by atoms with Crippen LogP contribution in [0.1, 0.15) is 43.6 Å². The Morgan fingerprint density at radius 3 is 2.25 bits per heavy atom. The maximum Gasteiger partial charge on any atom is 0.279 e. The Balaban J connectivity index is 2.13. The lowest BCUT2D eigenvalue weighted by atomic mass is 10.1. The van der Waals surface area contributed by atoms with Crippen LogP contribution in [0.2, 0.25) is 0 Å². The number of hydrogen-bond acceptors (Lipinski definition) is 5. The highest BCUT2D eigenvalue weighted by Crippen LogP contribution is 2.39. The fourth-order valence-electron chi connectivity index (χ4n) is 3.33. The lowest BCUT2D eigenvalue weighted by molar-refractivity contribution is 0.0996. The third-order valence-corrected chi connectivity index (χ3v) is 5.80. The van der Waals surface area contributed by atoms with Gasteiger partial charge in [-0.1, -0.05) is 30.2 Å². The van der Waals surface area contributed by atoms with Gasteiger partial charge in [-0.15, -0.1) is 6.42 Å². The van der Waals surface area contributed by atoms with E-state index in [9.17, 15) is 4.79 Å². The molecule has 0 spiro atoms. The van der Waals surface area contributed by atoms with Crippen molar-refractivity contribution in [3.05, 3.63) is 46.3 Å². The summed E-state index contributed by atoms with van der Waals surface area (Å²) in [5.41, 5.74) is 2.55. The van der Waals surface area contributed by atoms with Gasteiger partial charge >= 0.3 is 0 Å². The zero-order chi connectivity index (χ0) is 23.1. The first-order valence-corrected chi connectivity index (χ1v) is 11.6. The highest BCUT2D eigenvalue weighted by atomic mass is 32.1. The number of amides is 1. The molecule has 2 aromatic carbocycles. The molecule has 32 heavy (non-hydrogen) atoms. The highest BCUT2D eigenvalue weighted by molar-refractivity contribution is 7.16. The Hall–Kier alpha value is -3.24. The van der Waals surface area contributed by atoms with E-state index in [0.717, 1.165) is 16.6 Å². The summed E-state index contributed by atoms with van der Waals surface area (Å²) in [6.45, 7) is 9.38. The van der Waals surface area contributed by atoms with Crippen molar-refractivity contribution in [2.24, 2.45) is 4.99 Å². The van der Waals surface area contributed by atoms with Gasteiger partial charge < -0.3 is 18.8 Å². The first-order valence-electron chi connectivity index (χ1n) is 10.8. The molecule has 0 radical (unpaired) electrons. The van der Waals surface area contributed by atoms with Crippen LogP contribution in [0.3, 0.4) is 0 Å². The maximum atomic E-state index is 13.2. The molecule has 0 bridgehead atoms. The monoisotopic (exact) mass is 452 g/mol. The minimum Gasteiger partial charge on any atom is -0.490 e. The summed E-state index contributed by atoms with van der Waals surface area (Å²) in [6, 6.07) is 9.52. The molecule has 1 heterocycles. The largest absolute Gasteiger partial charge is 0.490 e. The third kappa shape index (κ3) is 4.97. The molecule has 0 aliphatic heterocycles. The van der Waals surface area contributed by atoms with E-state index in [-0.39, 0.29) is 0 Å². The highest BCUT2D eigenvalue weighted by Gasteiger charge is 2.18. The molecule has 0 fully saturated rings. The van der Waals surface area contributed by atoms with Crippen LogP contribution in [0.5, 0.6) is 17.2 Å². The van der Waals surface area contributed by atoms with E-state index in [1.54, 1.807) is 12.1 Å². The van der Waals surface area contributed by atoms with Gasteiger partial charge in [-0.25, -0.2) is 0 Å². The van der Waals surface area contributed by atoms with Crippen molar-refractivity contribution in [3.63, 3.8) is 0 Å². The average Bonchev–Trinajstić information content (AvgIpc) is 3.12. The smallest absolute Gasteiger partial charge is 0.279 e. The predicted molar refractivity (Wildman–Crippen MR) is 128 cm³/mol. The molecule has 0 unspecified atom stereocenters. The number of ether oxygens (including phenoxy) is 3. The molecule has 168 valence electrons. The van der Waals surface area contributed by atoms with E-state index in [2.05, 4.69) is 30.0 Å². The topological polar surface area (TPSA) is 62.1 Å². The first kappa shape index (κ1) is 23.4. The quantitative estimate of drug-likeness (QED) is 0.436. The van der Waals surface area contributed by atoms with Gasteiger partial charge in [0.1, 0.15) is 0 Å². The van der Waals surface area contributed by atoms with Crippen molar-refractivity contribution >= 4 is 27.5 Å². The Morgan fingerprint density at radius 2 is 1.69 bits per heavy atom. The van der Waals surface area contributed by atoms with Crippen molar-refractivity contribution in [2.75, 3.05) is 19.8 Å². The lowest BCUT2D eigenvalue weighted by Gasteiger charge is -2.16. The fourth-order valence-corrected chi connectivity index (χ4v) is 4.42. The zero-order valence-corrected chi connectivity index (χ0v) is 19.8. The Bertz CT molecular complexity index is 1190. The SMILES string of the molecule is C#CCn1c(=NC(=O)c2cc(OCC)c(OCC)c(OCC)c2)sc2cc(CC)ccc21. The van der Waals surface area contributed by atoms with Crippen LogP contribution >= 0.6 is 11.3 Å². The number of carbonyl (C=O) groups excluding carboxylic acids is 1. The van der Waals surface area contributed by atoms with E-state index >= 15 is 0 Å². The molecule has 1 aromatic heterocycles. The van der Waals surface area contributed by atoms with E-state index in [0.29, 0.717) is 54.0 Å². The second-order valence-electron chi connectivity index (χ2n) is 6.85. The Morgan fingerprint density at radius 1 is 1.03 bits per heavy atom. The number of hydrogen-bond donors (Lipinski definition) is 0. The molecule has 0 aliphatic rings. The standard InChI is InChI=1S/C25H28N2O4S/c1-6-13-27-19-12-11-17(7-2)14-22(19)32-25(27)26-24(28)18-15-20(29-8-3)23(31-10-5)21(16-18)30-9-4/h1,11-12,14-16H,7-10,13H2,2-5H3. The van der Waals surface area contributed by atoms with E-state index < -0.39 is 5.91 Å². The van der Waals surface area contributed by atoms with Gasteiger partial charge in [-0.3, -0.25) is 4.79 Å².